The molecule has 0 saturated heterocycles. The molecule has 0 radical (unpaired) electrons. The van der Waals surface area contributed by atoms with Gasteiger partial charge in [-0.3, -0.25) is 14.8 Å². The van der Waals surface area contributed by atoms with E-state index in [-0.39, 0.29) is 17.3 Å². The normalized spacial score (nSPS) is 11.1. The van der Waals surface area contributed by atoms with Crippen LogP contribution in [0.25, 0.3) is 0 Å². The van der Waals surface area contributed by atoms with Gasteiger partial charge in [0.05, 0.1) is 11.9 Å². The van der Waals surface area contributed by atoms with Crippen LogP contribution in [0.5, 0.6) is 0 Å². The Morgan fingerprint density at radius 1 is 0.923 bits per heavy atom. The molecule has 0 atom stereocenters. The fourth-order valence-corrected chi connectivity index (χ4v) is 3.16. The van der Waals surface area contributed by atoms with Crippen LogP contribution in [0.3, 0.4) is 0 Å². The van der Waals surface area contributed by atoms with Crippen LogP contribution in [0.4, 0.5) is 5.69 Å². The van der Waals surface area contributed by atoms with E-state index in [0.717, 1.165) is 5.56 Å². The molecule has 0 saturated carbocycles. The predicted octanol–water partition coefficient (Wildman–Crippen LogP) is 2.21. The summed E-state index contributed by atoms with van der Waals surface area (Å²) in [6.45, 7) is 0.113. The highest BCUT2D eigenvalue weighted by molar-refractivity contribution is 7.89. The Morgan fingerprint density at radius 3 is 2.23 bits per heavy atom. The number of carbonyl (C=O) groups excluding carboxylic acids is 1. The topological polar surface area (TPSA) is 101 Å². The highest BCUT2D eigenvalue weighted by Gasteiger charge is 2.13. The van der Waals surface area contributed by atoms with Gasteiger partial charge in [-0.05, 0) is 42.0 Å². The first-order valence-electron chi connectivity index (χ1n) is 7.75. The van der Waals surface area contributed by atoms with Gasteiger partial charge < -0.3 is 5.32 Å². The van der Waals surface area contributed by atoms with Crippen molar-refractivity contribution in [1.29, 1.82) is 0 Å². The number of aromatic nitrogens is 2. The second kappa shape index (κ2) is 7.85. The third kappa shape index (κ3) is 4.50. The van der Waals surface area contributed by atoms with E-state index in [0.29, 0.717) is 11.3 Å². The molecule has 132 valence electrons. The summed E-state index contributed by atoms with van der Waals surface area (Å²) in [5.74, 6) is -0.263. The number of anilines is 1. The van der Waals surface area contributed by atoms with Gasteiger partial charge in [-0.25, -0.2) is 13.1 Å². The third-order valence-electron chi connectivity index (χ3n) is 3.55. The Bertz CT molecular complexity index is 976. The Morgan fingerprint density at radius 2 is 1.62 bits per heavy atom. The van der Waals surface area contributed by atoms with Crippen LogP contribution < -0.4 is 10.0 Å². The van der Waals surface area contributed by atoms with Crippen molar-refractivity contribution >= 4 is 21.6 Å². The van der Waals surface area contributed by atoms with Crippen molar-refractivity contribution in [3.8, 4) is 0 Å². The van der Waals surface area contributed by atoms with Gasteiger partial charge in [-0.1, -0.05) is 12.1 Å². The van der Waals surface area contributed by atoms with E-state index in [9.17, 15) is 13.2 Å². The minimum atomic E-state index is -3.62. The Hall–Kier alpha value is -3.10. The molecule has 1 amide bonds. The van der Waals surface area contributed by atoms with E-state index in [2.05, 4.69) is 20.0 Å². The SMILES string of the molecule is O=C(Nc1cccnc1)c1ccc(CNS(=O)(=O)c2cccnc2)cc1. The molecular formula is C18H16N4O3S. The summed E-state index contributed by atoms with van der Waals surface area (Å²) in [4.78, 5) is 20.0. The summed E-state index contributed by atoms with van der Waals surface area (Å²) >= 11 is 0. The largest absolute Gasteiger partial charge is 0.321 e. The van der Waals surface area contributed by atoms with Crippen molar-refractivity contribution in [3.63, 3.8) is 0 Å². The monoisotopic (exact) mass is 368 g/mol. The number of amides is 1. The van der Waals surface area contributed by atoms with Gasteiger partial charge in [0.2, 0.25) is 10.0 Å². The third-order valence-corrected chi connectivity index (χ3v) is 4.93. The highest BCUT2D eigenvalue weighted by atomic mass is 32.2. The number of sulfonamides is 1. The van der Waals surface area contributed by atoms with E-state index < -0.39 is 10.0 Å². The lowest BCUT2D eigenvalue weighted by molar-refractivity contribution is 0.102. The molecule has 0 aliphatic heterocycles. The van der Waals surface area contributed by atoms with E-state index >= 15 is 0 Å². The molecule has 0 fully saturated rings. The zero-order valence-corrected chi connectivity index (χ0v) is 14.5. The fourth-order valence-electron chi connectivity index (χ4n) is 2.18. The maximum absolute atomic E-state index is 12.2. The summed E-state index contributed by atoms with van der Waals surface area (Å²) in [6, 6.07) is 13.2. The van der Waals surface area contributed by atoms with E-state index in [4.69, 9.17) is 0 Å². The first kappa shape index (κ1) is 17.7. The van der Waals surface area contributed by atoms with Crippen LogP contribution in [-0.2, 0) is 16.6 Å². The summed E-state index contributed by atoms with van der Waals surface area (Å²) in [5, 5.41) is 2.74. The van der Waals surface area contributed by atoms with Crippen LogP contribution in [0.15, 0.2) is 78.2 Å². The van der Waals surface area contributed by atoms with Crippen molar-refractivity contribution in [1.82, 2.24) is 14.7 Å². The predicted molar refractivity (Wildman–Crippen MR) is 96.9 cm³/mol. The van der Waals surface area contributed by atoms with Crippen molar-refractivity contribution in [2.24, 2.45) is 0 Å². The quantitative estimate of drug-likeness (QED) is 0.695. The molecule has 3 rings (SSSR count). The number of nitrogens with zero attached hydrogens (tertiary/aromatic N) is 2. The summed E-state index contributed by atoms with van der Waals surface area (Å²) in [6.07, 6.45) is 5.97. The molecular weight excluding hydrogens is 352 g/mol. The van der Waals surface area contributed by atoms with Crippen LogP contribution in [0.1, 0.15) is 15.9 Å². The number of hydrogen-bond donors (Lipinski definition) is 2. The molecule has 0 bridgehead atoms. The lowest BCUT2D eigenvalue weighted by Crippen LogP contribution is -2.23. The molecule has 2 aromatic heterocycles. The number of carbonyl (C=O) groups is 1. The molecule has 8 heteroatoms. The molecule has 0 spiro atoms. The Labute approximate surface area is 151 Å². The lowest BCUT2D eigenvalue weighted by Gasteiger charge is -2.08. The van der Waals surface area contributed by atoms with Gasteiger partial charge in [-0.2, -0.15) is 0 Å². The van der Waals surface area contributed by atoms with E-state index in [1.54, 1.807) is 54.9 Å². The van der Waals surface area contributed by atoms with E-state index in [1.807, 2.05) is 0 Å². The van der Waals surface area contributed by atoms with Crippen LogP contribution in [0.2, 0.25) is 0 Å². The van der Waals surface area contributed by atoms with Crippen molar-refractivity contribution in [2.45, 2.75) is 11.4 Å². The van der Waals surface area contributed by atoms with E-state index in [1.165, 1.54) is 18.5 Å². The number of nitrogens with one attached hydrogen (secondary N) is 2. The average molecular weight is 368 g/mol. The second-order valence-corrected chi connectivity index (χ2v) is 7.17. The minimum absolute atomic E-state index is 0.104. The Kier molecular flexibility index (Phi) is 5.35. The second-order valence-electron chi connectivity index (χ2n) is 5.41. The standard InChI is InChI=1S/C18H16N4O3S/c23-18(22-16-3-1-9-19-12-16)15-7-5-14(6-8-15)11-21-26(24,25)17-4-2-10-20-13-17/h1-10,12-13,21H,11H2,(H,22,23). The van der Waals surface area contributed by atoms with Gasteiger partial charge >= 0.3 is 0 Å². The molecule has 0 aliphatic carbocycles. The smallest absolute Gasteiger partial charge is 0.255 e. The molecule has 2 N–H and O–H groups in total. The van der Waals surface area contributed by atoms with Gasteiger partial charge in [-0.15, -0.1) is 0 Å². The number of pyridine rings is 2. The molecule has 0 unspecified atom stereocenters. The average Bonchev–Trinajstić information content (AvgIpc) is 2.68. The summed E-state index contributed by atoms with van der Waals surface area (Å²) < 4.78 is 26.8. The fraction of sp³-hybridized carbons (Fsp3) is 0.0556. The molecule has 7 nitrogen and oxygen atoms in total. The molecule has 2 heterocycles. The van der Waals surface area contributed by atoms with Gasteiger partial charge in [0, 0.05) is 30.7 Å². The highest BCUT2D eigenvalue weighted by Crippen LogP contribution is 2.11. The number of hydrogen-bond acceptors (Lipinski definition) is 5. The molecule has 0 aliphatic rings. The van der Waals surface area contributed by atoms with Crippen molar-refractivity contribution in [3.05, 3.63) is 84.4 Å². The van der Waals surface area contributed by atoms with Gasteiger partial charge in [0.15, 0.2) is 0 Å². The van der Waals surface area contributed by atoms with Crippen LogP contribution in [0, 0.1) is 0 Å². The zero-order chi connectivity index (χ0) is 18.4. The first-order valence-corrected chi connectivity index (χ1v) is 9.23. The van der Waals surface area contributed by atoms with Crippen molar-refractivity contribution < 1.29 is 13.2 Å². The summed E-state index contributed by atoms with van der Waals surface area (Å²) in [7, 11) is -3.62. The summed E-state index contributed by atoms with van der Waals surface area (Å²) in [5.41, 5.74) is 1.80. The zero-order valence-electron chi connectivity index (χ0n) is 13.7. The molecule has 3 aromatic rings. The molecule has 1 aromatic carbocycles. The number of benzene rings is 1. The lowest BCUT2D eigenvalue weighted by atomic mass is 10.1. The van der Waals surface area contributed by atoms with Gasteiger partial charge in [0.25, 0.3) is 5.91 Å². The Balaban J connectivity index is 1.62. The van der Waals surface area contributed by atoms with Crippen molar-refractivity contribution in [2.75, 3.05) is 5.32 Å². The first-order chi connectivity index (χ1) is 12.5. The minimum Gasteiger partial charge on any atom is -0.321 e. The maximum atomic E-state index is 12.2. The number of rotatable bonds is 6. The van der Waals surface area contributed by atoms with Crippen LogP contribution >= 0.6 is 0 Å². The maximum Gasteiger partial charge on any atom is 0.255 e. The van der Waals surface area contributed by atoms with Crippen LogP contribution in [-0.4, -0.2) is 24.3 Å². The molecule has 26 heavy (non-hydrogen) atoms. The van der Waals surface area contributed by atoms with Gasteiger partial charge in [0.1, 0.15) is 4.90 Å².